The molecular formula is C23H25ClFN3O2. The first-order chi connectivity index (χ1) is 14.5. The van der Waals surface area contributed by atoms with Gasteiger partial charge >= 0.3 is 6.03 Å². The van der Waals surface area contributed by atoms with E-state index in [-0.39, 0.29) is 17.6 Å². The summed E-state index contributed by atoms with van der Waals surface area (Å²) in [4.78, 5) is 27.0. The van der Waals surface area contributed by atoms with Gasteiger partial charge in [-0.05, 0) is 62.4 Å². The van der Waals surface area contributed by atoms with Crippen LogP contribution in [0.5, 0.6) is 0 Å². The fourth-order valence-electron chi connectivity index (χ4n) is 4.65. The molecule has 5 nitrogen and oxygen atoms in total. The van der Waals surface area contributed by atoms with Crippen LogP contribution in [0.4, 0.5) is 9.18 Å². The number of benzene rings is 2. The van der Waals surface area contributed by atoms with Crippen LogP contribution in [-0.4, -0.2) is 35.5 Å². The molecule has 0 unspecified atom stereocenters. The summed E-state index contributed by atoms with van der Waals surface area (Å²) in [6.07, 6.45) is 2.75. The third-order valence-electron chi connectivity index (χ3n) is 6.35. The van der Waals surface area contributed by atoms with Crippen LogP contribution in [0.2, 0.25) is 5.02 Å². The van der Waals surface area contributed by atoms with Gasteiger partial charge in [-0.2, -0.15) is 0 Å². The number of carbonyl (C=O) groups is 2. The summed E-state index contributed by atoms with van der Waals surface area (Å²) in [5.41, 5.74) is 0.745. The van der Waals surface area contributed by atoms with Gasteiger partial charge in [-0.1, -0.05) is 48.0 Å². The van der Waals surface area contributed by atoms with E-state index in [2.05, 4.69) is 15.5 Å². The Morgan fingerprint density at radius 1 is 1.07 bits per heavy atom. The molecule has 7 heteroatoms. The minimum atomic E-state index is -0.894. The van der Waals surface area contributed by atoms with Crippen molar-refractivity contribution in [3.05, 3.63) is 70.5 Å². The molecule has 2 aliphatic heterocycles. The Balaban J connectivity index is 1.44. The monoisotopic (exact) mass is 429 g/mol. The average molecular weight is 430 g/mol. The SMILES string of the molecule is O=C1NC(=O)[C@](CCc2ccccc2)(C2CCN(Cc3c(F)cccc3Cl)CC2)N1. The molecule has 2 aromatic rings. The summed E-state index contributed by atoms with van der Waals surface area (Å²) in [5, 5.41) is 5.81. The number of hydrogen-bond acceptors (Lipinski definition) is 3. The lowest BCUT2D eigenvalue weighted by Gasteiger charge is -2.41. The minimum absolute atomic E-state index is 0.0278. The molecule has 2 aromatic carbocycles. The quantitative estimate of drug-likeness (QED) is 0.684. The number of hydrogen-bond donors (Lipinski definition) is 2. The lowest BCUT2D eigenvalue weighted by Crippen LogP contribution is -2.56. The Bertz CT molecular complexity index is 911. The van der Waals surface area contributed by atoms with Crippen molar-refractivity contribution in [2.45, 2.75) is 37.8 Å². The molecule has 1 atom stereocenters. The van der Waals surface area contributed by atoms with E-state index in [0.717, 1.165) is 18.4 Å². The first-order valence-electron chi connectivity index (χ1n) is 10.3. The normalized spacial score (nSPS) is 22.7. The summed E-state index contributed by atoms with van der Waals surface area (Å²) >= 11 is 6.17. The highest BCUT2D eigenvalue weighted by atomic mass is 35.5. The fourth-order valence-corrected chi connectivity index (χ4v) is 4.87. The second-order valence-corrected chi connectivity index (χ2v) is 8.52. The average Bonchev–Trinajstić information content (AvgIpc) is 3.04. The van der Waals surface area contributed by atoms with Crippen LogP contribution in [0.3, 0.4) is 0 Å². The predicted octanol–water partition coefficient (Wildman–Crippen LogP) is 3.90. The summed E-state index contributed by atoms with van der Waals surface area (Å²) in [6, 6.07) is 14.3. The fraction of sp³-hybridized carbons (Fsp3) is 0.391. The van der Waals surface area contributed by atoms with Crippen molar-refractivity contribution in [3.63, 3.8) is 0 Å². The summed E-state index contributed by atoms with van der Waals surface area (Å²) in [6.45, 7) is 1.87. The van der Waals surface area contributed by atoms with Crippen molar-refractivity contribution in [3.8, 4) is 0 Å². The third-order valence-corrected chi connectivity index (χ3v) is 6.70. The largest absolute Gasteiger partial charge is 0.323 e. The van der Waals surface area contributed by atoms with Crippen LogP contribution in [0, 0.1) is 11.7 Å². The Morgan fingerprint density at radius 3 is 2.43 bits per heavy atom. The maximum Gasteiger partial charge on any atom is 0.322 e. The Labute approximate surface area is 180 Å². The van der Waals surface area contributed by atoms with Gasteiger partial charge in [0, 0.05) is 17.1 Å². The zero-order valence-corrected chi connectivity index (χ0v) is 17.4. The molecule has 2 aliphatic rings. The molecule has 2 N–H and O–H groups in total. The van der Waals surface area contributed by atoms with Crippen LogP contribution in [0.15, 0.2) is 48.5 Å². The smallest absolute Gasteiger partial charge is 0.322 e. The molecule has 0 radical (unpaired) electrons. The van der Waals surface area contributed by atoms with Gasteiger partial charge in [0.05, 0.1) is 0 Å². The summed E-state index contributed by atoms with van der Waals surface area (Å²) in [5.74, 6) is -0.509. The second-order valence-electron chi connectivity index (χ2n) is 8.12. The van der Waals surface area contributed by atoms with E-state index in [1.165, 1.54) is 6.07 Å². The molecule has 4 rings (SSSR count). The van der Waals surface area contributed by atoms with E-state index in [9.17, 15) is 14.0 Å². The molecule has 2 saturated heterocycles. The van der Waals surface area contributed by atoms with Gasteiger partial charge in [0.15, 0.2) is 0 Å². The highest BCUT2D eigenvalue weighted by Gasteiger charge is 2.51. The number of amides is 3. The van der Waals surface area contributed by atoms with Crippen molar-refractivity contribution in [1.29, 1.82) is 0 Å². The number of imide groups is 1. The van der Waals surface area contributed by atoms with Crippen LogP contribution in [0.1, 0.15) is 30.4 Å². The molecule has 0 bridgehead atoms. The van der Waals surface area contributed by atoms with Crippen LogP contribution in [-0.2, 0) is 17.8 Å². The second kappa shape index (κ2) is 8.74. The lowest BCUT2D eigenvalue weighted by atomic mass is 9.74. The highest BCUT2D eigenvalue weighted by molar-refractivity contribution is 6.31. The van der Waals surface area contributed by atoms with Crippen LogP contribution in [0.25, 0.3) is 0 Å². The van der Waals surface area contributed by atoms with Crippen LogP contribution < -0.4 is 10.6 Å². The number of halogens is 2. The lowest BCUT2D eigenvalue weighted by molar-refractivity contribution is -0.127. The van der Waals surface area contributed by atoms with E-state index in [4.69, 9.17) is 11.6 Å². The van der Waals surface area contributed by atoms with E-state index < -0.39 is 11.6 Å². The minimum Gasteiger partial charge on any atom is -0.323 e. The number of likely N-dealkylation sites (tertiary alicyclic amines) is 1. The molecule has 3 amide bonds. The summed E-state index contributed by atoms with van der Waals surface area (Å²) in [7, 11) is 0. The number of urea groups is 1. The van der Waals surface area contributed by atoms with Crippen molar-refractivity contribution in [1.82, 2.24) is 15.5 Å². The highest BCUT2D eigenvalue weighted by Crippen LogP contribution is 2.35. The molecular weight excluding hydrogens is 405 g/mol. The van der Waals surface area contributed by atoms with E-state index in [0.29, 0.717) is 43.1 Å². The number of rotatable bonds is 6. The van der Waals surface area contributed by atoms with Crippen molar-refractivity contribution in [2.24, 2.45) is 5.92 Å². The zero-order chi connectivity index (χ0) is 21.1. The standard InChI is InChI=1S/C23H25ClFN3O2/c24-19-7-4-8-20(25)18(19)15-28-13-10-17(11-14-28)23(21(29)26-22(30)27-23)12-9-16-5-2-1-3-6-16/h1-8,17H,9-15H2,(H2,26,27,29,30)/t23-/m0/s1. The first kappa shape index (κ1) is 20.8. The van der Waals surface area contributed by atoms with Crippen molar-refractivity contribution >= 4 is 23.5 Å². The number of carbonyl (C=O) groups excluding carboxylic acids is 2. The number of aryl methyl sites for hydroxylation is 1. The van der Waals surface area contributed by atoms with Gasteiger partial charge in [0.2, 0.25) is 0 Å². The van der Waals surface area contributed by atoms with Gasteiger partial charge in [0.1, 0.15) is 11.4 Å². The number of nitrogens with zero attached hydrogens (tertiary/aromatic N) is 1. The van der Waals surface area contributed by atoms with Gasteiger partial charge < -0.3 is 5.32 Å². The van der Waals surface area contributed by atoms with Crippen molar-refractivity contribution < 1.29 is 14.0 Å². The topological polar surface area (TPSA) is 61.4 Å². The van der Waals surface area contributed by atoms with Crippen molar-refractivity contribution in [2.75, 3.05) is 13.1 Å². The van der Waals surface area contributed by atoms with Gasteiger partial charge in [-0.25, -0.2) is 9.18 Å². The van der Waals surface area contributed by atoms with Gasteiger partial charge in [-0.3, -0.25) is 15.0 Å². The number of nitrogens with one attached hydrogen (secondary N) is 2. The molecule has 0 aliphatic carbocycles. The van der Waals surface area contributed by atoms with E-state index in [1.54, 1.807) is 12.1 Å². The Morgan fingerprint density at radius 2 is 1.80 bits per heavy atom. The maximum atomic E-state index is 14.1. The number of piperidine rings is 1. The van der Waals surface area contributed by atoms with E-state index in [1.807, 2.05) is 30.3 Å². The zero-order valence-electron chi connectivity index (χ0n) is 16.7. The molecule has 2 heterocycles. The molecule has 158 valence electrons. The maximum absolute atomic E-state index is 14.1. The molecule has 0 saturated carbocycles. The van der Waals surface area contributed by atoms with Gasteiger partial charge in [0.25, 0.3) is 5.91 Å². The molecule has 0 aromatic heterocycles. The molecule has 0 spiro atoms. The predicted molar refractivity (Wildman–Crippen MR) is 114 cm³/mol. The Hall–Kier alpha value is -2.44. The molecule has 30 heavy (non-hydrogen) atoms. The Kier molecular flexibility index (Phi) is 6.06. The van der Waals surface area contributed by atoms with Crippen LogP contribution >= 0.6 is 11.6 Å². The molecule has 2 fully saturated rings. The third kappa shape index (κ3) is 4.20. The van der Waals surface area contributed by atoms with Gasteiger partial charge in [-0.15, -0.1) is 0 Å². The summed E-state index contributed by atoms with van der Waals surface area (Å²) < 4.78 is 14.1. The van der Waals surface area contributed by atoms with E-state index >= 15 is 0 Å². The first-order valence-corrected chi connectivity index (χ1v) is 10.7.